The van der Waals surface area contributed by atoms with Gasteiger partial charge in [-0.15, -0.1) is 0 Å². The van der Waals surface area contributed by atoms with Crippen LogP contribution in [0.5, 0.6) is 0 Å². The third kappa shape index (κ3) is 1.13. The molecule has 1 aliphatic carbocycles. The average Bonchev–Trinajstić information content (AvgIpc) is 2.32. The summed E-state index contributed by atoms with van der Waals surface area (Å²) in [7, 11) is 0. The summed E-state index contributed by atoms with van der Waals surface area (Å²) >= 11 is 0. The van der Waals surface area contributed by atoms with Crippen LogP contribution in [0.2, 0.25) is 0 Å². The smallest absolute Gasteiger partial charge is 0.306 e. The van der Waals surface area contributed by atoms with Gasteiger partial charge >= 0.3 is 5.97 Å². The van der Waals surface area contributed by atoms with Crippen molar-refractivity contribution >= 4 is 5.97 Å². The minimum atomic E-state index is -0.640. The first-order chi connectivity index (χ1) is 5.27. The Balaban J connectivity index is 2.07. The maximum Gasteiger partial charge on any atom is 0.306 e. The summed E-state index contributed by atoms with van der Waals surface area (Å²) in [5.74, 6) is -0.473. The van der Waals surface area contributed by atoms with E-state index in [1.165, 1.54) is 0 Å². The fourth-order valence-electron chi connectivity index (χ4n) is 2.14. The van der Waals surface area contributed by atoms with Crippen LogP contribution < -0.4 is 0 Å². The van der Waals surface area contributed by atoms with Crippen molar-refractivity contribution in [2.75, 3.05) is 6.61 Å². The van der Waals surface area contributed by atoms with Crippen LogP contribution in [0.25, 0.3) is 0 Å². The van der Waals surface area contributed by atoms with Gasteiger partial charge in [0.1, 0.15) is 0 Å². The summed E-state index contributed by atoms with van der Waals surface area (Å²) in [6.45, 7) is 0.668. The van der Waals surface area contributed by atoms with Gasteiger partial charge in [0.15, 0.2) is 0 Å². The van der Waals surface area contributed by atoms with Gasteiger partial charge in [0.2, 0.25) is 0 Å². The van der Waals surface area contributed by atoms with Gasteiger partial charge in [-0.2, -0.15) is 0 Å². The molecule has 1 saturated heterocycles. The van der Waals surface area contributed by atoms with E-state index in [0.29, 0.717) is 18.6 Å². The molecule has 1 heterocycles. The predicted molar refractivity (Wildman–Crippen MR) is 38.2 cm³/mol. The minimum absolute atomic E-state index is 0.131. The highest BCUT2D eigenvalue weighted by Gasteiger charge is 2.40. The van der Waals surface area contributed by atoms with Crippen LogP contribution in [0.1, 0.15) is 19.3 Å². The molecule has 2 rings (SSSR count). The Bertz CT molecular complexity index is 178. The molecule has 0 aromatic carbocycles. The van der Waals surface area contributed by atoms with Crippen LogP contribution in [0, 0.1) is 11.8 Å². The first-order valence-electron chi connectivity index (χ1n) is 4.12. The summed E-state index contributed by atoms with van der Waals surface area (Å²) in [5.41, 5.74) is 0. The Morgan fingerprint density at radius 3 is 3.00 bits per heavy atom. The van der Waals surface area contributed by atoms with Crippen molar-refractivity contribution in [1.29, 1.82) is 0 Å². The number of hydrogen-bond donors (Lipinski definition) is 1. The summed E-state index contributed by atoms with van der Waals surface area (Å²) in [5, 5.41) is 8.80. The third-order valence-corrected chi connectivity index (χ3v) is 2.80. The van der Waals surface area contributed by atoms with E-state index in [2.05, 4.69) is 0 Å². The molecule has 62 valence electrons. The quantitative estimate of drug-likeness (QED) is 0.613. The molecular formula is C8H12O3. The molecule has 2 fully saturated rings. The molecule has 2 bridgehead atoms. The highest BCUT2D eigenvalue weighted by atomic mass is 16.5. The van der Waals surface area contributed by atoms with Crippen LogP contribution in [0.3, 0.4) is 0 Å². The predicted octanol–water partition coefficient (Wildman–Crippen LogP) is 0.886. The topological polar surface area (TPSA) is 46.5 Å². The van der Waals surface area contributed by atoms with Crippen molar-refractivity contribution in [3.05, 3.63) is 0 Å². The third-order valence-electron chi connectivity index (χ3n) is 2.80. The van der Waals surface area contributed by atoms with Crippen LogP contribution >= 0.6 is 0 Å². The molecule has 3 nitrogen and oxygen atoms in total. The minimum Gasteiger partial charge on any atom is -0.481 e. The van der Waals surface area contributed by atoms with Gasteiger partial charge in [0.05, 0.1) is 18.6 Å². The number of fused-ring (bicyclic) bond motifs is 2. The van der Waals surface area contributed by atoms with Gasteiger partial charge in [0.25, 0.3) is 0 Å². The molecule has 3 heteroatoms. The van der Waals surface area contributed by atoms with E-state index in [1.54, 1.807) is 0 Å². The number of carboxylic acid groups (broad SMARTS) is 1. The van der Waals surface area contributed by atoms with Crippen molar-refractivity contribution in [3.63, 3.8) is 0 Å². The second-order valence-electron chi connectivity index (χ2n) is 3.47. The van der Waals surface area contributed by atoms with Gasteiger partial charge in [-0.3, -0.25) is 4.79 Å². The first kappa shape index (κ1) is 7.10. The molecule has 1 saturated carbocycles. The van der Waals surface area contributed by atoms with E-state index < -0.39 is 5.97 Å². The fraction of sp³-hybridized carbons (Fsp3) is 0.875. The van der Waals surface area contributed by atoms with Crippen LogP contribution in [-0.4, -0.2) is 23.8 Å². The molecule has 0 radical (unpaired) electrons. The maximum atomic E-state index is 10.7. The molecular weight excluding hydrogens is 144 g/mol. The van der Waals surface area contributed by atoms with Crippen LogP contribution in [0.4, 0.5) is 0 Å². The highest BCUT2D eigenvalue weighted by molar-refractivity contribution is 5.70. The number of ether oxygens (including phenoxy) is 1. The maximum absolute atomic E-state index is 10.7. The molecule has 2 aliphatic rings. The normalized spacial score (nSPS) is 42.4. The summed E-state index contributed by atoms with van der Waals surface area (Å²) in [6.07, 6.45) is 3.09. The second kappa shape index (κ2) is 2.48. The zero-order valence-corrected chi connectivity index (χ0v) is 6.32. The number of rotatable bonds is 1. The highest BCUT2D eigenvalue weighted by Crippen LogP contribution is 2.37. The monoisotopic (exact) mass is 156 g/mol. The summed E-state index contributed by atoms with van der Waals surface area (Å²) in [6, 6.07) is 0. The Morgan fingerprint density at radius 2 is 2.27 bits per heavy atom. The van der Waals surface area contributed by atoms with E-state index in [4.69, 9.17) is 9.84 Å². The molecule has 11 heavy (non-hydrogen) atoms. The number of carbonyl (C=O) groups is 1. The molecule has 0 aromatic rings. The lowest BCUT2D eigenvalue weighted by atomic mass is 9.80. The van der Waals surface area contributed by atoms with Crippen molar-refractivity contribution in [3.8, 4) is 0 Å². The number of carboxylic acids is 1. The Morgan fingerprint density at radius 1 is 1.45 bits per heavy atom. The SMILES string of the molecule is O=C(O)C1CCC2CC1CO2. The van der Waals surface area contributed by atoms with Gasteiger partial charge in [-0.1, -0.05) is 0 Å². The number of aliphatic carboxylic acids is 1. The van der Waals surface area contributed by atoms with Gasteiger partial charge < -0.3 is 9.84 Å². The van der Waals surface area contributed by atoms with Crippen LogP contribution in [0.15, 0.2) is 0 Å². The Hall–Kier alpha value is -0.570. The van der Waals surface area contributed by atoms with E-state index in [0.717, 1.165) is 19.3 Å². The zero-order chi connectivity index (χ0) is 7.84. The van der Waals surface area contributed by atoms with Crippen LogP contribution in [-0.2, 0) is 9.53 Å². The molecule has 1 N–H and O–H groups in total. The van der Waals surface area contributed by atoms with Gasteiger partial charge in [-0.25, -0.2) is 0 Å². The molecule has 1 aliphatic heterocycles. The molecule has 3 atom stereocenters. The zero-order valence-electron chi connectivity index (χ0n) is 6.32. The second-order valence-corrected chi connectivity index (χ2v) is 3.47. The lowest BCUT2D eigenvalue weighted by molar-refractivity contribution is -0.144. The van der Waals surface area contributed by atoms with E-state index in [-0.39, 0.29) is 5.92 Å². The van der Waals surface area contributed by atoms with Crippen molar-refractivity contribution in [2.24, 2.45) is 11.8 Å². The van der Waals surface area contributed by atoms with Crippen molar-refractivity contribution in [2.45, 2.75) is 25.4 Å². The van der Waals surface area contributed by atoms with Crippen molar-refractivity contribution < 1.29 is 14.6 Å². The summed E-state index contributed by atoms with van der Waals surface area (Å²) < 4.78 is 5.39. The molecule has 0 spiro atoms. The van der Waals surface area contributed by atoms with E-state index in [1.807, 2.05) is 0 Å². The van der Waals surface area contributed by atoms with E-state index in [9.17, 15) is 4.79 Å². The fourth-order valence-corrected chi connectivity index (χ4v) is 2.14. The molecule has 0 amide bonds. The van der Waals surface area contributed by atoms with Gasteiger partial charge in [0, 0.05) is 0 Å². The van der Waals surface area contributed by atoms with Gasteiger partial charge in [-0.05, 0) is 25.2 Å². The lowest BCUT2D eigenvalue weighted by Crippen LogP contribution is -2.27. The molecule has 0 aromatic heterocycles. The largest absolute Gasteiger partial charge is 0.481 e. The Kier molecular flexibility index (Phi) is 1.60. The Labute approximate surface area is 65.4 Å². The summed E-state index contributed by atoms with van der Waals surface area (Å²) in [4.78, 5) is 10.7. The number of hydrogen-bond acceptors (Lipinski definition) is 2. The standard InChI is InChI=1S/C8H12O3/c9-8(10)7-2-1-6-3-5(7)4-11-6/h5-7H,1-4H2,(H,9,10). The van der Waals surface area contributed by atoms with Crippen molar-refractivity contribution in [1.82, 2.24) is 0 Å². The lowest BCUT2D eigenvalue weighted by Gasteiger charge is -2.22. The average molecular weight is 156 g/mol. The van der Waals surface area contributed by atoms with E-state index >= 15 is 0 Å². The molecule has 3 unspecified atom stereocenters. The first-order valence-corrected chi connectivity index (χ1v) is 4.12.